The van der Waals surface area contributed by atoms with E-state index in [0.717, 1.165) is 24.6 Å². The zero-order valence-electron chi connectivity index (χ0n) is 18.6. The number of carbonyl (C=O) groups excluding carboxylic acids is 1. The van der Waals surface area contributed by atoms with Crippen molar-refractivity contribution in [1.29, 1.82) is 0 Å². The molecule has 1 aliphatic heterocycles. The molecule has 2 aromatic carbocycles. The lowest BCUT2D eigenvalue weighted by Gasteiger charge is -2.25. The van der Waals surface area contributed by atoms with E-state index in [1.807, 2.05) is 6.07 Å². The van der Waals surface area contributed by atoms with Crippen LogP contribution >= 0.6 is 11.8 Å². The van der Waals surface area contributed by atoms with Crippen molar-refractivity contribution in [2.45, 2.75) is 30.7 Å². The average Bonchev–Trinajstić information content (AvgIpc) is 3.55. The van der Waals surface area contributed by atoms with Gasteiger partial charge in [-0.05, 0) is 49.2 Å². The Morgan fingerprint density at radius 3 is 2.80 bits per heavy atom. The quantitative estimate of drug-likeness (QED) is 0.370. The van der Waals surface area contributed by atoms with Gasteiger partial charge in [0.15, 0.2) is 0 Å². The Morgan fingerprint density at radius 2 is 2.00 bits per heavy atom. The monoisotopic (exact) mass is 495 g/mol. The van der Waals surface area contributed by atoms with Crippen LogP contribution in [0.1, 0.15) is 18.7 Å². The number of rotatable bonds is 8. The smallest absolute Gasteiger partial charge is 0.277 e. The summed E-state index contributed by atoms with van der Waals surface area (Å²) in [6, 6.07) is 12.8. The van der Waals surface area contributed by atoms with Gasteiger partial charge in [-0.2, -0.15) is 0 Å². The third-order valence-electron chi connectivity index (χ3n) is 5.62. The van der Waals surface area contributed by atoms with E-state index >= 15 is 0 Å². The number of para-hydroxylation sites is 1. The highest BCUT2D eigenvalue weighted by Gasteiger charge is 2.24. The number of hydrogen-bond acceptors (Lipinski definition) is 8. The first kappa shape index (κ1) is 23.2. The lowest BCUT2D eigenvalue weighted by molar-refractivity contribution is -0.130. The van der Waals surface area contributed by atoms with Crippen molar-refractivity contribution in [1.82, 2.24) is 25.1 Å². The summed E-state index contributed by atoms with van der Waals surface area (Å²) in [5.41, 5.74) is 0.913. The average molecular weight is 496 g/mol. The summed E-state index contributed by atoms with van der Waals surface area (Å²) in [4.78, 5) is 34.6. The Balaban J connectivity index is 1.29. The van der Waals surface area contributed by atoms with Gasteiger partial charge in [-0.3, -0.25) is 9.59 Å². The summed E-state index contributed by atoms with van der Waals surface area (Å²) in [5.74, 6) is 0.163. The standard InChI is InChI=1S/C24H22FN5O4S/c25-16-9-7-15(8-10-16)23-28-29-24(34-23)35-14-21(31)30(12-17-4-3-11-33-17)13-20-26-19-6-2-1-5-18(19)22(32)27-20/h1-2,5-10,17H,3-4,11-14H2,(H,26,27,32)/t17-/m1/s1. The second-order valence-electron chi connectivity index (χ2n) is 8.11. The van der Waals surface area contributed by atoms with Crippen molar-refractivity contribution in [3.63, 3.8) is 0 Å². The van der Waals surface area contributed by atoms with Crippen molar-refractivity contribution >= 4 is 28.6 Å². The molecule has 5 rings (SSSR count). The van der Waals surface area contributed by atoms with Gasteiger partial charge in [0.2, 0.25) is 11.8 Å². The molecule has 1 fully saturated rings. The number of amides is 1. The summed E-state index contributed by atoms with van der Waals surface area (Å²) in [5, 5.41) is 8.68. The van der Waals surface area contributed by atoms with Gasteiger partial charge < -0.3 is 19.0 Å². The number of thioether (sulfide) groups is 1. The second-order valence-corrected chi connectivity index (χ2v) is 9.03. The van der Waals surface area contributed by atoms with Gasteiger partial charge in [-0.1, -0.05) is 23.9 Å². The largest absolute Gasteiger partial charge is 0.411 e. The molecule has 180 valence electrons. The molecule has 0 bridgehead atoms. The number of fused-ring (bicyclic) bond motifs is 1. The van der Waals surface area contributed by atoms with Crippen molar-refractivity contribution < 1.29 is 18.3 Å². The van der Waals surface area contributed by atoms with E-state index < -0.39 is 0 Å². The van der Waals surface area contributed by atoms with E-state index in [1.54, 1.807) is 35.2 Å². The molecular formula is C24H22FN5O4S. The van der Waals surface area contributed by atoms with Crippen LogP contribution in [0.3, 0.4) is 0 Å². The number of carbonyl (C=O) groups is 1. The lowest BCUT2D eigenvalue weighted by atomic mass is 10.2. The fourth-order valence-electron chi connectivity index (χ4n) is 3.87. The van der Waals surface area contributed by atoms with E-state index in [4.69, 9.17) is 9.15 Å². The van der Waals surface area contributed by atoms with Crippen molar-refractivity contribution in [2.75, 3.05) is 18.9 Å². The Bertz CT molecular complexity index is 1380. The summed E-state index contributed by atoms with van der Waals surface area (Å²) < 4.78 is 24.5. The van der Waals surface area contributed by atoms with Crippen LogP contribution in [0.5, 0.6) is 0 Å². The first-order valence-electron chi connectivity index (χ1n) is 11.1. The van der Waals surface area contributed by atoms with Crippen LogP contribution in [0.15, 0.2) is 63.0 Å². The summed E-state index contributed by atoms with van der Waals surface area (Å²) in [6.07, 6.45) is 1.74. The molecule has 1 amide bonds. The minimum Gasteiger partial charge on any atom is -0.411 e. The molecule has 0 radical (unpaired) electrons. The highest BCUT2D eigenvalue weighted by atomic mass is 32.2. The predicted octanol–water partition coefficient (Wildman–Crippen LogP) is 3.41. The van der Waals surface area contributed by atoms with Crippen LogP contribution in [-0.2, 0) is 16.1 Å². The fraction of sp³-hybridized carbons (Fsp3) is 0.292. The molecule has 0 spiro atoms. The molecule has 4 aromatic rings. The number of ether oxygens (including phenoxy) is 1. The Hall–Kier alpha value is -3.57. The fourth-order valence-corrected chi connectivity index (χ4v) is 4.54. The van der Waals surface area contributed by atoms with E-state index in [9.17, 15) is 14.0 Å². The first-order chi connectivity index (χ1) is 17.0. The second kappa shape index (κ2) is 10.4. The van der Waals surface area contributed by atoms with Gasteiger partial charge in [0.25, 0.3) is 10.8 Å². The zero-order valence-corrected chi connectivity index (χ0v) is 19.5. The van der Waals surface area contributed by atoms with E-state index in [0.29, 0.717) is 35.4 Å². The zero-order chi connectivity index (χ0) is 24.2. The van der Waals surface area contributed by atoms with Gasteiger partial charge in [-0.15, -0.1) is 10.2 Å². The van der Waals surface area contributed by atoms with Crippen LogP contribution in [0.4, 0.5) is 4.39 Å². The van der Waals surface area contributed by atoms with Gasteiger partial charge in [0.05, 0.1) is 29.3 Å². The number of H-pyrrole nitrogens is 1. The van der Waals surface area contributed by atoms with Crippen molar-refractivity contribution in [3.05, 3.63) is 70.5 Å². The first-order valence-corrected chi connectivity index (χ1v) is 12.1. The van der Waals surface area contributed by atoms with Crippen molar-refractivity contribution in [2.24, 2.45) is 0 Å². The molecule has 35 heavy (non-hydrogen) atoms. The van der Waals surface area contributed by atoms with Crippen LogP contribution in [0.25, 0.3) is 22.4 Å². The molecule has 1 N–H and O–H groups in total. The highest BCUT2D eigenvalue weighted by molar-refractivity contribution is 7.99. The molecule has 0 unspecified atom stereocenters. The number of aromatic amines is 1. The molecule has 3 heterocycles. The molecule has 11 heteroatoms. The molecule has 1 atom stereocenters. The van der Waals surface area contributed by atoms with Crippen LogP contribution in [0.2, 0.25) is 0 Å². The van der Waals surface area contributed by atoms with Crippen LogP contribution in [0, 0.1) is 5.82 Å². The molecule has 2 aromatic heterocycles. The normalized spacial score (nSPS) is 15.5. The number of halogens is 1. The topological polar surface area (TPSA) is 114 Å². The lowest BCUT2D eigenvalue weighted by Crippen LogP contribution is -2.38. The Morgan fingerprint density at radius 1 is 1.17 bits per heavy atom. The van der Waals surface area contributed by atoms with Crippen LogP contribution < -0.4 is 5.56 Å². The number of aromatic nitrogens is 4. The number of hydrogen-bond donors (Lipinski definition) is 1. The predicted molar refractivity (Wildman–Crippen MR) is 127 cm³/mol. The summed E-state index contributed by atoms with van der Waals surface area (Å²) >= 11 is 1.11. The summed E-state index contributed by atoms with van der Waals surface area (Å²) in [7, 11) is 0. The Labute approximate surface area is 203 Å². The third-order valence-corrected chi connectivity index (χ3v) is 6.42. The molecule has 0 aliphatic carbocycles. The number of nitrogens with one attached hydrogen (secondary N) is 1. The van der Waals surface area contributed by atoms with Crippen molar-refractivity contribution in [3.8, 4) is 11.5 Å². The van der Waals surface area contributed by atoms with Crippen LogP contribution in [-0.4, -0.2) is 56.0 Å². The molecular weight excluding hydrogens is 473 g/mol. The highest BCUT2D eigenvalue weighted by Crippen LogP contribution is 2.24. The van der Waals surface area contributed by atoms with Gasteiger partial charge in [0.1, 0.15) is 11.6 Å². The maximum Gasteiger partial charge on any atom is 0.277 e. The van der Waals surface area contributed by atoms with Gasteiger partial charge >= 0.3 is 0 Å². The number of nitrogens with zero attached hydrogens (tertiary/aromatic N) is 4. The Kier molecular flexibility index (Phi) is 6.87. The summed E-state index contributed by atoms with van der Waals surface area (Å²) in [6.45, 7) is 1.20. The molecule has 1 aliphatic rings. The molecule has 0 saturated carbocycles. The van der Waals surface area contributed by atoms with Gasteiger partial charge in [0, 0.05) is 18.7 Å². The minimum absolute atomic E-state index is 0.0512. The molecule has 9 nitrogen and oxygen atoms in total. The SMILES string of the molecule is O=C(CSc1nnc(-c2ccc(F)cc2)o1)N(Cc1nc2ccccc2c(=O)[nH]1)C[C@H]1CCCO1. The number of benzene rings is 2. The van der Waals surface area contributed by atoms with E-state index in [-0.39, 0.29) is 46.8 Å². The maximum absolute atomic E-state index is 13.2. The van der Waals surface area contributed by atoms with E-state index in [1.165, 1.54) is 12.1 Å². The molecule has 1 saturated heterocycles. The minimum atomic E-state index is -0.359. The van der Waals surface area contributed by atoms with Gasteiger partial charge in [-0.25, -0.2) is 9.37 Å². The van der Waals surface area contributed by atoms with E-state index in [2.05, 4.69) is 20.2 Å². The third kappa shape index (κ3) is 5.57. The maximum atomic E-state index is 13.2.